The Bertz CT molecular complexity index is 535. The Morgan fingerprint density at radius 2 is 1.00 bits per heavy atom. The molecular weight excluding hydrogens is 228 g/mol. The van der Waals surface area contributed by atoms with Gasteiger partial charge in [0.05, 0.1) is 0 Å². The largest absolute Gasteiger partial charge is 0.0985 e. The van der Waals surface area contributed by atoms with Crippen LogP contribution in [-0.4, -0.2) is 0 Å². The maximum Gasteiger partial charge on any atom is -0.0190 e. The summed E-state index contributed by atoms with van der Waals surface area (Å²) in [5.41, 5.74) is 4.78. The minimum Gasteiger partial charge on any atom is -0.0985 e. The van der Waals surface area contributed by atoms with Gasteiger partial charge in [0.2, 0.25) is 0 Å². The Morgan fingerprint density at radius 3 is 1.32 bits per heavy atom. The van der Waals surface area contributed by atoms with Gasteiger partial charge in [-0.1, -0.05) is 86.5 Å². The van der Waals surface area contributed by atoms with Crippen LogP contribution in [-0.2, 0) is 0 Å². The van der Waals surface area contributed by atoms with Gasteiger partial charge in [0.15, 0.2) is 0 Å². The number of benzene rings is 2. The predicted molar refractivity (Wildman–Crippen MR) is 87.9 cm³/mol. The van der Waals surface area contributed by atoms with Gasteiger partial charge in [0.1, 0.15) is 0 Å². The molecular formula is C19H20. The fraction of sp³-hybridized carbons (Fsp3) is 0.0526. The number of hydrogen-bond acceptors (Lipinski definition) is 0. The second-order valence-electron chi connectivity index (χ2n) is 4.10. The van der Waals surface area contributed by atoms with Crippen molar-refractivity contribution in [2.75, 3.05) is 0 Å². The molecule has 0 aliphatic rings. The molecule has 2 aromatic carbocycles. The van der Waals surface area contributed by atoms with Crippen LogP contribution in [0.15, 0.2) is 68.3 Å². The second kappa shape index (κ2) is 7.88. The second-order valence-corrected chi connectivity index (χ2v) is 4.10. The summed E-state index contributed by atoms with van der Waals surface area (Å²) in [7, 11) is 0. The maximum absolute atomic E-state index is 3.69. The van der Waals surface area contributed by atoms with Gasteiger partial charge in [-0.05, 0) is 29.2 Å². The summed E-state index contributed by atoms with van der Waals surface area (Å²) in [5.74, 6) is 0. The van der Waals surface area contributed by atoms with E-state index in [1.807, 2.05) is 54.6 Å². The van der Waals surface area contributed by atoms with Gasteiger partial charge in [-0.2, -0.15) is 0 Å². The van der Waals surface area contributed by atoms with E-state index in [1.165, 1.54) is 11.1 Å². The molecule has 0 radical (unpaired) electrons. The third-order valence-electron chi connectivity index (χ3n) is 2.84. The first kappa shape index (κ1) is 14.7. The first-order chi connectivity index (χ1) is 9.22. The van der Waals surface area contributed by atoms with Gasteiger partial charge >= 0.3 is 0 Å². The topological polar surface area (TPSA) is 0 Å². The molecule has 0 heteroatoms. The van der Waals surface area contributed by atoms with E-state index >= 15 is 0 Å². The van der Waals surface area contributed by atoms with Crippen molar-refractivity contribution >= 4 is 18.2 Å². The van der Waals surface area contributed by atoms with E-state index in [9.17, 15) is 0 Å². The summed E-state index contributed by atoms with van der Waals surface area (Å²) in [4.78, 5) is 0. The van der Waals surface area contributed by atoms with Crippen molar-refractivity contribution in [1.82, 2.24) is 0 Å². The van der Waals surface area contributed by atoms with Crippen molar-refractivity contribution in [3.63, 3.8) is 0 Å². The quantitative estimate of drug-likeness (QED) is 0.662. The molecule has 0 bridgehead atoms. The molecule has 0 nitrogen and oxygen atoms in total. The highest BCUT2D eigenvalue weighted by molar-refractivity contribution is 5.63. The minimum absolute atomic E-state index is 1.14. The average Bonchev–Trinajstić information content (AvgIpc) is 2.48. The van der Waals surface area contributed by atoms with Gasteiger partial charge in [-0.15, -0.1) is 0 Å². The van der Waals surface area contributed by atoms with Gasteiger partial charge in [0, 0.05) is 0 Å². The van der Waals surface area contributed by atoms with E-state index in [0.717, 1.165) is 11.1 Å². The molecule has 0 unspecified atom stereocenters. The van der Waals surface area contributed by atoms with Gasteiger partial charge in [0.25, 0.3) is 0 Å². The third kappa shape index (κ3) is 4.44. The van der Waals surface area contributed by atoms with Crippen LogP contribution in [0.4, 0.5) is 0 Å². The molecule has 19 heavy (non-hydrogen) atoms. The molecule has 0 amide bonds. The molecule has 0 saturated carbocycles. The van der Waals surface area contributed by atoms with Crippen LogP contribution in [0, 0.1) is 6.92 Å². The zero-order chi connectivity index (χ0) is 14.1. The summed E-state index contributed by atoms with van der Waals surface area (Å²) in [6.07, 6.45) is 5.53. The Balaban J connectivity index is 0.000000191. The smallest absolute Gasteiger partial charge is 0.0190 e. The fourth-order valence-electron chi connectivity index (χ4n) is 1.70. The Kier molecular flexibility index (Phi) is 6.11. The van der Waals surface area contributed by atoms with E-state index in [0.29, 0.717) is 0 Å². The molecule has 0 aliphatic carbocycles. The highest BCUT2D eigenvalue weighted by Gasteiger charge is 1.89. The van der Waals surface area contributed by atoms with Gasteiger partial charge in [-0.3, -0.25) is 0 Å². The standard InChI is InChI=1S/C10H10.C9H10/c1-3-9-7-5-6-8-10(9)4-2;1-3-9-7-5-4-6-8(9)2/h3-8H,1-2H2;3-7H,1H2,2H3. The monoisotopic (exact) mass is 248 g/mol. The van der Waals surface area contributed by atoms with Crippen molar-refractivity contribution in [3.8, 4) is 0 Å². The Morgan fingerprint density at radius 1 is 0.632 bits per heavy atom. The lowest BCUT2D eigenvalue weighted by Crippen LogP contribution is -1.76. The molecule has 0 atom stereocenters. The maximum atomic E-state index is 3.69. The molecule has 2 aromatic rings. The van der Waals surface area contributed by atoms with Gasteiger partial charge < -0.3 is 0 Å². The predicted octanol–water partition coefficient (Wildman–Crippen LogP) is 5.61. The third-order valence-corrected chi connectivity index (χ3v) is 2.84. The van der Waals surface area contributed by atoms with Crippen LogP contribution in [0.3, 0.4) is 0 Å². The molecule has 0 saturated heterocycles. The van der Waals surface area contributed by atoms with E-state index in [4.69, 9.17) is 0 Å². The molecule has 2 rings (SSSR count). The lowest BCUT2D eigenvalue weighted by atomic mass is 10.1. The zero-order valence-corrected chi connectivity index (χ0v) is 11.5. The molecule has 0 N–H and O–H groups in total. The van der Waals surface area contributed by atoms with Crippen molar-refractivity contribution in [2.24, 2.45) is 0 Å². The minimum atomic E-state index is 1.14. The zero-order valence-electron chi connectivity index (χ0n) is 11.5. The SMILES string of the molecule is C=Cc1ccccc1C.C=Cc1ccccc1C=C. The molecule has 0 fully saturated rings. The molecule has 96 valence electrons. The fourth-order valence-corrected chi connectivity index (χ4v) is 1.70. The number of hydrogen-bond donors (Lipinski definition) is 0. The lowest BCUT2D eigenvalue weighted by molar-refractivity contribution is 1.45. The first-order valence-electron chi connectivity index (χ1n) is 6.25. The van der Waals surface area contributed by atoms with Crippen LogP contribution in [0.5, 0.6) is 0 Å². The lowest BCUT2D eigenvalue weighted by Gasteiger charge is -1.96. The molecule has 0 spiro atoms. The summed E-state index contributed by atoms with van der Waals surface area (Å²) in [5, 5.41) is 0. The molecule has 0 aliphatic heterocycles. The van der Waals surface area contributed by atoms with Crippen molar-refractivity contribution in [1.29, 1.82) is 0 Å². The van der Waals surface area contributed by atoms with Crippen molar-refractivity contribution in [2.45, 2.75) is 6.92 Å². The summed E-state index contributed by atoms with van der Waals surface area (Å²) >= 11 is 0. The number of rotatable bonds is 3. The van der Waals surface area contributed by atoms with Crippen LogP contribution in [0.2, 0.25) is 0 Å². The van der Waals surface area contributed by atoms with E-state index in [2.05, 4.69) is 38.8 Å². The molecule has 0 aromatic heterocycles. The van der Waals surface area contributed by atoms with E-state index in [-0.39, 0.29) is 0 Å². The van der Waals surface area contributed by atoms with Crippen molar-refractivity contribution < 1.29 is 0 Å². The summed E-state index contributed by atoms with van der Waals surface area (Å²) in [6.45, 7) is 13.2. The van der Waals surface area contributed by atoms with E-state index in [1.54, 1.807) is 0 Å². The van der Waals surface area contributed by atoms with E-state index < -0.39 is 0 Å². The summed E-state index contributed by atoms with van der Waals surface area (Å²) < 4.78 is 0. The Hall–Kier alpha value is -2.34. The molecule has 0 heterocycles. The highest BCUT2D eigenvalue weighted by Crippen LogP contribution is 2.10. The van der Waals surface area contributed by atoms with Crippen LogP contribution in [0.25, 0.3) is 18.2 Å². The van der Waals surface area contributed by atoms with Crippen LogP contribution < -0.4 is 0 Å². The normalized spacial score (nSPS) is 8.89. The van der Waals surface area contributed by atoms with Crippen LogP contribution >= 0.6 is 0 Å². The number of aryl methyl sites for hydroxylation is 1. The highest BCUT2D eigenvalue weighted by atomic mass is 13.9. The van der Waals surface area contributed by atoms with Gasteiger partial charge in [-0.25, -0.2) is 0 Å². The Labute approximate surface area is 116 Å². The average molecular weight is 248 g/mol. The summed E-state index contributed by atoms with van der Waals surface area (Å²) in [6, 6.07) is 16.2. The first-order valence-corrected chi connectivity index (χ1v) is 6.25. The van der Waals surface area contributed by atoms with Crippen molar-refractivity contribution in [3.05, 3.63) is 90.5 Å². The van der Waals surface area contributed by atoms with Crippen LogP contribution in [0.1, 0.15) is 22.3 Å².